The van der Waals surface area contributed by atoms with Crippen molar-refractivity contribution in [3.05, 3.63) is 29.8 Å². The van der Waals surface area contributed by atoms with E-state index in [0.29, 0.717) is 6.04 Å². The Hall–Kier alpha value is -1.51. The fourth-order valence-electron chi connectivity index (χ4n) is 2.17. The third-order valence-corrected chi connectivity index (χ3v) is 3.24. The maximum Gasteiger partial charge on any atom is 0.124 e. The lowest BCUT2D eigenvalue weighted by atomic mass is 10.1. The number of nitrogens with zero attached hydrogens (tertiary/aromatic N) is 1. The molecule has 1 aromatic rings. The molecule has 2 rings (SSSR count). The first-order chi connectivity index (χ1) is 8.24. The molecule has 17 heavy (non-hydrogen) atoms. The average Bonchev–Trinajstić information content (AvgIpc) is 3.14. The third kappa shape index (κ3) is 2.78. The number of nitrogen functional groups attached to an aromatic ring is 1. The zero-order valence-electron chi connectivity index (χ0n) is 10.4. The number of anilines is 1. The van der Waals surface area contributed by atoms with Crippen LogP contribution < -0.4 is 10.6 Å². The van der Waals surface area contributed by atoms with Crippen molar-refractivity contribution in [2.24, 2.45) is 5.73 Å². The van der Waals surface area contributed by atoms with Crippen molar-refractivity contribution in [2.75, 3.05) is 11.4 Å². The van der Waals surface area contributed by atoms with Gasteiger partial charge in [-0.25, -0.2) is 0 Å². The zero-order valence-corrected chi connectivity index (χ0v) is 10.4. The van der Waals surface area contributed by atoms with E-state index in [2.05, 4.69) is 17.9 Å². The molecule has 0 aliphatic heterocycles. The van der Waals surface area contributed by atoms with Gasteiger partial charge in [0.05, 0.1) is 0 Å². The van der Waals surface area contributed by atoms with Gasteiger partial charge in [0.2, 0.25) is 0 Å². The Labute approximate surface area is 103 Å². The van der Waals surface area contributed by atoms with Crippen molar-refractivity contribution in [3.8, 4) is 0 Å². The molecule has 1 aromatic carbocycles. The van der Waals surface area contributed by atoms with E-state index in [4.69, 9.17) is 11.1 Å². The second-order valence-corrected chi connectivity index (χ2v) is 4.71. The number of nitrogens with two attached hydrogens (primary N) is 1. The van der Waals surface area contributed by atoms with Gasteiger partial charge in [0, 0.05) is 23.8 Å². The largest absolute Gasteiger partial charge is 0.384 e. The topological polar surface area (TPSA) is 53.1 Å². The highest BCUT2D eigenvalue weighted by Crippen LogP contribution is 2.33. The number of hydrogen-bond donors (Lipinski definition) is 2. The van der Waals surface area contributed by atoms with Crippen LogP contribution in [0.25, 0.3) is 0 Å². The van der Waals surface area contributed by atoms with Gasteiger partial charge in [0.25, 0.3) is 0 Å². The smallest absolute Gasteiger partial charge is 0.124 e. The Morgan fingerprint density at radius 2 is 2.12 bits per heavy atom. The SMILES string of the molecule is CCCCN(c1ccccc1C(=N)N)C1CC1. The van der Waals surface area contributed by atoms with Gasteiger partial charge in [-0.1, -0.05) is 25.5 Å². The van der Waals surface area contributed by atoms with E-state index in [1.54, 1.807) is 0 Å². The predicted molar refractivity (Wildman–Crippen MR) is 72.7 cm³/mol. The van der Waals surface area contributed by atoms with Crippen LogP contribution in [0.4, 0.5) is 5.69 Å². The lowest BCUT2D eigenvalue weighted by Crippen LogP contribution is -2.29. The summed E-state index contributed by atoms with van der Waals surface area (Å²) in [5, 5.41) is 7.66. The predicted octanol–water partition coefficient (Wildman–Crippen LogP) is 2.74. The number of amidine groups is 1. The first-order valence-electron chi connectivity index (χ1n) is 6.44. The molecule has 0 spiro atoms. The molecule has 0 radical (unpaired) electrons. The minimum Gasteiger partial charge on any atom is -0.384 e. The normalized spacial score (nSPS) is 14.6. The van der Waals surface area contributed by atoms with Crippen LogP contribution in [0.15, 0.2) is 24.3 Å². The summed E-state index contributed by atoms with van der Waals surface area (Å²) in [7, 11) is 0. The van der Waals surface area contributed by atoms with Crippen LogP contribution in [0.1, 0.15) is 38.2 Å². The summed E-state index contributed by atoms with van der Waals surface area (Å²) in [6.45, 7) is 3.29. The highest BCUT2D eigenvalue weighted by atomic mass is 15.2. The van der Waals surface area contributed by atoms with Crippen molar-refractivity contribution in [1.82, 2.24) is 0 Å². The fourth-order valence-corrected chi connectivity index (χ4v) is 2.17. The van der Waals surface area contributed by atoms with Crippen molar-refractivity contribution >= 4 is 11.5 Å². The maximum absolute atomic E-state index is 7.66. The van der Waals surface area contributed by atoms with Crippen LogP contribution >= 0.6 is 0 Å². The monoisotopic (exact) mass is 231 g/mol. The van der Waals surface area contributed by atoms with Crippen LogP contribution in [0, 0.1) is 5.41 Å². The molecule has 3 heteroatoms. The molecule has 1 aliphatic carbocycles. The molecule has 0 bridgehead atoms. The Morgan fingerprint density at radius 3 is 2.71 bits per heavy atom. The van der Waals surface area contributed by atoms with E-state index in [1.165, 1.54) is 25.7 Å². The molecule has 0 amide bonds. The third-order valence-electron chi connectivity index (χ3n) is 3.24. The van der Waals surface area contributed by atoms with Crippen molar-refractivity contribution < 1.29 is 0 Å². The van der Waals surface area contributed by atoms with Gasteiger partial charge in [-0.3, -0.25) is 5.41 Å². The van der Waals surface area contributed by atoms with Crippen LogP contribution in [-0.4, -0.2) is 18.4 Å². The van der Waals surface area contributed by atoms with E-state index in [9.17, 15) is 0 Å². The molecular weight excluding hydrogens is 210 g/mol. The van der Waals surface area contributed by atoms with Gasteiger partial charge in [-0.05, 0) is 31.4 Å². The molecule has 3 N–H and O–H groups in total. The first kappa shape index (κ1) is 12.0. The van der Waals surface area contributed by atoms with Crippen molar-refractivity contribution in [3.63, 3.8) is 0 Å². The van der Waals surface area contributed by atoms with E-state index < -0.39 is 0 Å². The lowest BCUT2D eigenvalue weighted by molar-refractivity contribution is 0.712. The van der Waals surface area contributed by atoms with Crippen molar-refractivity contribution in [2.45, 2.75) is 38.6 Å². The fraction of sp³-hybridized carbons (Fsp3) is 0.500. The van der Waals surface area contributed by atoms with E-state index >= 15 is 0 Å². The molecule has 1 saturated carbocycles. The minimum atomic E-state index is 0.169. The number of benzene rings is 1. The molecule has 0 unspecified atom stereocenters. The number of hydrogen-bond acceptors (Lipinski definition) is 2. The standard InChI is InChI=1S/C14H21N3/c1-2-3-10-17(11-8-9-11)13-7-5-4-6-12(13)14(15)16/h4-7,11H,2-3,8-10H2,1H3,(H3,15,16). The van der Waals surface area contributed by atoms with Crippen molar-refractivity contribution in [1.29, 1.82) is 5.41 Å². The second kappa shape index (κ2) is 5.21. The quantitative estimate of drug-likeness (QED) is 0.584. The minimum absolute atomic E-state index is 0.169. The molecule has 3 nitrogen and oxygen atoms in total. The highest BCUT2D eigenvalue weighted by Gasteiger charge is 2.30. The highest BCUT2D eigenvalue weighted by molar-refractivity contribution is 6.00. The summed E-state index contributed by atoms with van der Waals surface area (Å²) in [6, 6.07) is 8.68. The average molecular weight is 231 g/mol. The summed E-state index contributed by atoms with van der Waals surface area (Å²) in [4.78, 5) is 2.43. The Bertz CT molecular complexity index is 396. The van der Waals surface area contributed by atoms with Gasteiger partial charge >= 0.3 is 0 Å². The molecule has 92 valence electrons. The van der Waals surface area contributed by atoms with E-state index in [1.807, 2.05) is 18.2 Å². The Morgan fingerprint density at radius 1 is 1.41 bits per heavy atom. The van der Waals surface area contributed by atoms with Crippen LogP contribution in [0.3, 0.4) is 0 Å². The number of rotatable bonds is 6. The summed E-state index contributed by atoms with van der Waals surface area (Å²) < 4.78 is 0. The maximum atomic E-state index is 7.66. The van der Waals surface area contributed by atoms with Gasteiger partial charge in [0.15, 0.2) is 0 Å². The number of para-hydroxylation sites is 1. The summed E-state index contributed by atoms with van der Waals surface area (Å²) in [5.74, 6) is 0.169. The Balaban J connectivity index is 2.25. The summed E-state index contributed by atoms with van der Waals surface area (Å²) in [6.07, 6.45) is 4.94. The molecular formula is C14H21N3. The Kier molecular flexibility index (Phi) is 3.67. The molecule has 0 saturated heterocycles. The first-order valence-corrected chi connectivity index (χ1v) is 6.44. The molecule has 0 aromatic heterocycles. The zero-order chi connectivity index (χ0) is 12.3. The second-order valence-electron chi connectivity index (χ2n) is 4.71. The van der Waals surface area contributed by atoms with Gasteiger partial charge in [-0.15, -0.1) is 0 Å². The molecule has 0 atom stereocenters. The number of unbranched alkanes of at least 4 members (excludes halogenated alkanes) is 1. The molecule has 1 fully saturated rings. The lowest BCUT2D eigenvalue weighted by Gasteiger charge is -2.26. The van der Waals surface area contributed by atoms with Gasteiger partial charge < -0.3 is 10.6 Å². The van der Waals surface area contributed by atoms with Crippen LogP contribution in [0.2, 0.25) is 0 Å². The number of nitrogens with one attached hydrogen (secondary N) is 1. The molecule has 1 aliphatic rings. The van der Waals surface area contributed by atoms with Gasteiger partial charge in [-0.2, -0.15) is 0 Å². The van der Waals surface area contributed by atoms with Crippen LogP contribution in [-0.2, 0) is 0 Å². The summed E-state index contributed by atoms with van der Waals surface area (Å²) >= 11 is 0. The van der Waals surface area contributed by atoms with Gasteiger partial charge in [0.1, 0.15) is 5.84 Å². The van der Waals surface area contributed by atoms with E-state index in [0.717, 1.165) is 17.8 Å². The van der Waals surface area contributed by atoms with Crippen LogP contribution in [0.5, 0.6) is 0 Å². The van der Waals surface area contributed by atoms with E-state index in [-0.39, 0.29) is 5.84 Å². The molecule has 0 heterocycles. The summed E-state index contributed by atoms with van der Waals surface area (Å²) in [5.41, 5.74) is 7.66.